The van der Waals surface area contributed by atoms with Crippen molar-refractivity contribution >= 4 is 48.2 Å². The molecule has 3 aromatic heterocycles. The Bertz CT molecular complexity index is 1820. The predicted octanol–water partition coefficient (Wildman–Crippen LogP) is 6.41. The second kappa shape index (κ2) is 16.4. The van der Waals surface area contributed by atoms with Gasteiger partial charge in [0, 0.05) is 26.4 Å². The number of rotatable bonds is 16. The Morgan fingerprint density at radius 2 is 1.78 bits per heavy atom. The van der Waals surface area contributed by atoms with Crippen molar-refractivity contribution < 1.29 is 41.4 Å². The summed E-state index contributed by atoms with van der Waals surface area (Å²) < 4.78 is 73.0. The molecule has 0 spiro atoms. The summed E-state index contributed by atoms with van der Waals surface area (Å²) in [6.45, 7) is 4.04. The van der Waals surface area contributed by atoms with E-state index in [4.69, 9.17) is 30.5 Å². The van der Waals surface area contributed by atoms with Crippen LogP contribution in [0, 0.1) is 0 Å². The summed E-state index contributed by atoms with van der Waals surface area (Å²) in [7, 11) is -0.688. The Kier molecular flexibility index (Phi) is 12.6. The van der Waals surface area contributed by atoms with E-state index in [-0.39, 0.29) is 59.9 Å². The van der Waals surface area contributed by atoms with E-state index in [9.17, 15) is 22.5 Å². The summed E-state index contributed by atoms with van der Waals surface area (Å²) in [6.07, 6.45) is -2.46. The molecule has 14 nitrogen and oxygen atoms in total. The lowest BCUT2D eigenvalue weighted by Gasteiger charge is -2.19. The van der Waals surface area contributed by atoms with Crippen LogP contribution < -0.4 is 20.7 Å². The number of anilines is 4. The van der Waals surface area contributed by atoms with Crippen molar-refractivity contribution in [2.75, 3.05) is 44.6 Å². The van der Waals surface area contributed by atoms with Crippen LogP contribution in [0.25, 0.3) is 11.3 Å². The van der Waals surface area contributed by atoms with E-state index in [1.165, 1.54) is 37.2 Å². The molecule has 0 radical (unpaired) electrons. The number of alkyl halides is 3. The molecule has 0 atom stereocenters. The number of hydrogen-bond donors (Lipinski definition) is 4. The van der Waals surface area contributed by atoms with E-state index in [1.807, 2.05) is 0 Å². The fourth-order valence-electron chi connectivity index (χ4n) is 4.60. The number of carbonyl (C=O) groups excluding carboxylic acids is 1. The Morgan fingerprint density at radius 1 is 1.06 bits per heavy atom. The molecule has 1 amide bonds. The van der Waals surface area contributed by atoms with Gasteiger partial charge in [0.2, 0.25) is 5.95 Å². The Morgan fingerprint density at radius 3 is 2.41 bits per heavy atom. The molecule has 1 aromatic carbocycles. The molecule has 4 N–H and O–H groups in total. The van der Waals surface area contributed by atoms with Gasteiger partial charge >= 0.3 is 13.8 Å². The predicted molar refractivity (Wildman–Crippen MR) is 177 cm³/mol. The number of aryl methyl sites for hydroxylation is 1. The van der Waals surface area contributed by atoms with Crippen LogP contribution in [0.15, 0.2) is 42.7 Å². The van der Waals surface area contributed by atoms with Crippen LogP contribution in [0.2, 0.25) is 5.15 Å². The lowest BCUT2D eigenvalue weighted by molar-refractivity contribution is -0.137. The van der Waals surface area contributed by atoms with Crippen molar-refractivity contribution in [3.05, 3.63) is 64.7 Å². The van der Waals surface area contributed by atoms with Crippen LogP contribution in [0.5, 0.6) is 5.75 Å². The zero-order valence-corrected chi connectivity index (χ0v) is 28.6. The van der Waals surface area contributed by atoms with Crippen molar-refractivity contribution in [3.63, 3.8) is 0 Å². The minimum absolute atomic E-state index is 0.0328. The van der Waals surface area contributed by atoms with Gasteiger partial charge in [0.05, 0.1) is 55.3 Å². The van der Waals surface area contributed by atoms with Gasteiger partial charge in [0.25, 0.3) is 5.91 Å². The lowest BCUT2D eigenvalue weighted by Crippen LogP contribution is -2.21. The second-order valence-electron chi connectivity index (χ2n) is 10.2. The smallest absolute Gasteiger partial charge is 0.421 e. The van der Waals surface area contributed by atoms with Gasteiger partial charge in [-0.05, 0) is 50.1 Å². The van der Waals surface area contributed by atoms with Gasteiger partial charge in [-0.1, -0.05) is 17.7 Å². The fraction of sp³-hybridized carbons (Fsp3) is 0.367. The molecule has 19 heteroatoms. The fourth-order valence-corrected chi connectivity index (χ4v) is 6.56. The third-order valence-electron chi connectivity index (χ3n) is 6.80. The Balaban J connectivity index is 1.68. The summed E-state index contributed by atoms with van der Waals surface area (Å²) in [5, 5.41) is 21.4. The molecule has 0 bridgehead atoms. The topological polar surface area (TPSA) is 175 Å². The molecular formula is C30H35ClF3N8O6P. The van der Waals surface area contributed by atoms with E-state index in [0.29, 0.717) is 36.0 Å². The highest BCUT2D eigenvalue weighted by Crippen LogP contribution is 2.51. The van der Waals surface area contributed by atoms with Gasteiger partial charge in [-0.15, -0.1) is 0 Å². The van der Waals surface area contributed by atoms with Gasteiger partial charge < -0.3 is 34.8 Å². The molecule has 0 saturated carbocycles. The number of amides is 1. The number of aliphatic hydroxyl groups is 1. The summed E-state index contributed by atoms with van der Waals surface area (Å²) in [6, 6.07) is 7.61. The van der Waals surface area contributed by atoms with Crippen molar-refractivity contribution in [2.24, 2.45) is 0 Å². The highest BCUT2D eigenvalue weighted by atomic mass is 35.5. The number of ether oxygens (including phenoxy) is 1. The standard InChI is InChI=1S/C30H35ClF3N8O6P/c1-5-47-49(45,48-6-2)17-18-8-9-22(24(14-18)46-4)40-29-36-16-20(30(32,33)34)27(41-29)39-23-11-10-21(38-25(23)28(44)35-3)19-15-37-42(26(19)31)12-7-13-43/h8-11,14-16,43H,5-7,12-13,17H2,1-4H3,(H,35,44)(H2,36,39,40,41). The number of pyridine rings is 1. The summed E-state index contributed by atoms with van der Waals surface area (Å²) in [5.41, 5.74) is -0.0543. The molecule has 4 rings (SSSR count). The molecule has 0 aliphatic carbocycles. The first-order chi connectivity index (χ1) is 23.4. The van der Waals surface area contributed by atoms with Crippen molar-refractivity contribution in [3.8, 4) is 17.0 Å². The summed E-state index contributed by atoms with van der Waals surface area (Å²) in [4.78, 5) is 25.2. The minimum atomic E-state index is -4.87. The largest absolute Gasteiger partial charge is 0.495 e. The zero-order valence-electron chi connectivity index (χ0n) is 27.0. The number of hydrogen-bond acceptors (Lipinski definition) is 12. The number of methoxy groups -OCH3 is 1. The van der Waals surface area contributed by atoms with Crippen molar-refractivity contribution in [2.45, 2.75) is 39.2 Å². The van der Waals surface area contributed by atoms with E-state index < -0.39 is 31.1 Å². The van der Waals surface area contributed by atoms with E-state index in [2.05, 4.69) is 36.0 Å². The lowest BCUT2D eigenvalue weighted by atomic mass is 10.1. The molecule has 3 heterocycles. The number of aromatic nitrogens is 5. The monoisotopic (exact) mass is 726 g/mol. The third kappa shape index (κ3) is 9.25. The SMILES string of the molecule is CCOP(=O)(Cc1ccc(Nc2ncc(C(F)(F)F)c(Nc3ccc(-c4cnn(CCCO)c4Cl)nc3C(=O)NC)n2)c(OC)c1)OCC. The van der Waals surface area contributed by atoms with Crippen LogP contribution in [-0.4, -0.2) is 69.7 Å². The number of nitrogens with one attached hydrogen (secondary N) is 3. The van der Waals surface area contributed by atoms with Gasteiger partial charge in [0.15, 0.2) is 5.69 Å². The molecule has 0 aliphatic heterocycles. The van der Waals surface area contributed by atoms with Crippen LogP contribution in [0.1, 0.15) is 41.9 Å². The molecule has 0 fully saturated rings. The highest BCUT2D eigenvalue weighted by molar-refractivity contribution is 7.53. The van der Waals surface area contributed by atoms with E-state index >= 15 is 0 Å². The van der Waals surface area contributed by atoms with Gasteiger partial charge in [0.1, 0.15) is 22.3 Å². The second-order valence-corrected chi connectivity index (χ2v) is 12.6. The maximum Gasteiger partial charge on any atom is 0.421 e. The van der Waals surface area contributed by atoms with Gasteiger partial charge in [-0.2, -0.15) is 23.3 Å². The van der Waals surface area contributed by atoms with Crippen LogP contribution in [-0.2, 0) is 32.5 Å². The maximum atomic E-state index is 14.1. The molecule has 4 aromatic rings. The molecule has 0 unspecified atom stereocenters. The summed E-state index contributed by atoms with van der Waals surface area (Å²) in [5.74, 6) is -1.33. The minimum Gasteiger partial charge on any atom is -0.495 e. The number of aliphatic hydroxyl groups excluding tert-OH is 1. The number of halogens is 4. The van der Waals surface area contributed by atoms with Crippen LogP contribution in [0.4, 0.5) is 36.3 Å². The van der Waals surface area contributed by atoms with Crippen molar-refractivity contribution in [1.29, 1.82) is 0 Å². The van der Waals surface area contributed by atoms with Gasteiger partial charge in [-0.3, -0.25) is 14.0 Å². The van der Waals surface area contributed by atoms with E-state index in [0.717, 1.165) is 0 Å². The quantitative estimate of drug-likeness (QED) is 0.0936. The summed E-state index contributed by atoms with van der Waals surface area (Å²) >= 11 is 6.45. The van der Waals surface area contributed by atoms with E-state index in [1.54, 1.807) is 32.0 Å². The van der Waals surface area contributed by atoms with Crippen LogP contribution in [0.3, 0.4) is 0 Å². The first kappa shape index (κ1) is 37.5. The number of carbonyl (C=O) groups is 1. The molecule has 49 heavy (non-hydrogen) atoms. The molecule has 264 valence electrons. The maximum absolute atomic E-state index is 14.1. The zero-order chi connectivity index (χ0) is 35.8. The third-order valence-corrected chi connectivity index (χ3v) is 9.26. The first-order valence-corrected chi connectivity index (χ1v) is 17.1. The molecule has 0 saturated heterocycles. The number of benzene rings is 1. The highest BCUT2D eigenvalue weighted by Gasteiger charge is 2.36. The average Bonchev–Trinajstić information content (AvgIpc) is 3.43. The number of nitrogens with zero attached hydrogens (tertiary/aromatic N) is 5. The van der Waals surface area contributed by atoms with Gasteiger partial charge in [-0.25, -0.2) is 9.97 Å². The van der Waals surface area contributed by atoms with Crippen LogP contribution >= 0.6 is 19.2 Å². The Labute approximate surface area is 284 Å². The first-order valence-electron chi connectivity index (χ1n) is 14.9. The molecule has 0 aliphatic rings. The normalized spacial score (nSPS) is 11.8. The van der Waals surface area contributed by atoms with Crippen molar-refractivity contribution in [1.82, 2.24) is 30.0 Å². The average molecular weight is 727 g/mol. The Hall–Kier alpha value is -4.28. The molecular weight excluding hydrogens is 692 g/mol.